The van der Waals surface area contributed by atoms with Crippen LogP contribution < -0.4 is 0 Å². The van der Waals surface area contributed by atoms with Crippen molar-refractivity contribution in [2.45, 2.75) is 59.0 Å². The number of rotatable bonds is 1. The molecule has 0 saturated carbocycles. The Morgan fingerprint density at radius 1 is 1.31 bits per heavy atom. The minimum atomic E-state index is -0.742. The van der Waals surface area contributed by atoms with Crippen LogP contribution in [0.4, 0.5) is 0 Å². The second-order valence-corrected chi connectivity index (χ2v) is 6.43. The minimum absolute atomic E-state index is 0.114. The van der Waals surface area contributed by atoms with Crippen LogP contribution in [0.3, 0.4) is 0 Å². The van der Waals surface area contributed by atoms with Crippen LogP contribution in [0.25, 0.3) is 0 Å². The van der Waals surface area contributed by atoms with Gasteiger partial charge in [0.1, 0.15) is 11.5 Å². The molecule has 90 valence electrons. The Kier molecular flexibility index (Phi) is 2.46. The summed E-state index contributed by atoms with van der Waals surface area (Å²) in [7, 11) is 0. The SMILES string of the molecule is CC(C)c1cc2c(o1)CC(C)(C)CC2(C)O. The molecule has 1 unspecified atom stereocenters. The molecule has 1 N–H and O–H groups in total. The van der Waals surface area contributed by atoms with Gasteiger partial charge in [0.25, 0.3) is 0 Å². The van der Waals surface area contributed by atoms with Crippen molar-refractivity contribution in [3.63, 3.8) is 0 Å². The Labute approximate surface area is 97.7 Å². The Morgan fingerprint density at radius 3 is 2.50 bits per heavy atom. The molecular formula is C14H22O2. The van der Waals surface area contributed by atoms with Gasteiger partial charge in [-0.15, -0.1) is 0 Å². The third kappa shape index (κ3) is 1.91. The Morgan fingerprint density at radius 2 is 1.94 bits per heavy atom. The molecule has 2 heteroatoms. The van der Waals surface area contributed by atoms with Gasteiger partial charge in [0.2, 0.25) is 0 Å². The first kappa shape index (κ1) is 11.7. The van der Waals surface area contributed by atoms with E-state index in [1.54, 1.807) is 0 Å². The summed E-state index contributed by atoms with van der Waals surface area (Å²) in [5.41, 5.74) is 0.367. The van der Waals surface area contributed by atoms with E-state index in [-0.39, 0.29) is 5.41 Å². The molecule has 1 atom stereocenters. The van der Waals surface area contributed by atoms with Crippen molar-refractivity contribution in [1.29, 1.82) is 0 Å². The molecule has 2 nitrogen and oxygen atoms in total. The van der Waals surface area contributed by atoms with Gasteiger partial charge >= 0.3 is 0 Å². The van der Waals surface area contributed by atoms with E-state index in [4.69, 9.17) is 4.42 Å². The summed E-state index contributed by atoms with van der Waals surface area (Å²) in [5, 5.41) is 10.5. The van der Waals surface area contributed by atoms with Crippen LogP contribution in [-0.4, -0.2) is 5.11 Å². The zero-order valence-electron chi connectivity index (χ0n) is 10.9. The van der Waals surface area contributed by atoms with Gasteiger partial charge in [-0.1, -0.05) is 27.7 Å². The summed E-state index contributed by atoms with van der Waals surface area (Å²) in [4.78, 5) is 0. The molecular weight excluding hydrogens is 200 g/mol. The molecule has 1 aromatic heterocycles. The molecule has 1 aromatic rings. The third-order valence-corrected chi connectivity index (χ3v) is 3.44. The predicted molar refractivity (Wildman–Crippen MR) is 64.5 cm³/mol. The fraction of sp³-hybridized carbons (Fsp3) is 0.714. The van der Waals surface area contributed by atoms with Gasteiger partial charge in [0.15, 0.2) is 0 Å². The smallest absolute Gasteiger partial charge is 0.110 e. The van der Waals surface area contributed by atoms with Gasteiger partial charge in [-0.25, -0.2) is 0 Å². The molecule has 1 aliphatic carbocycles. The van der Waals surface area contributed by atoms with Crippen LogP contribution >= 0.6 is 0 Å². The molecule has 1 heterocycles. The van der Waals surface area contributed by atoms with Gasteiger partial charge < -0.3 is 9.52 Å². The van der Waals surface area contributed by atoms with E-state index in [0.29, 0.717) is 5.92 Å². The number of hydrogen-bond acceptors (Lipinski definition) is 2. The van der Waals surface area contributed by atoms with Crippen molar-refractivity contribution in [1.82, 2.24) is 0 Å². The van der Waals surface area contributed by atoms with E-state index in [1.165, 1.54) is 0 Å². The topological polar surface area (TPSA) is 33.4 Å². The van der Waals surface area contributed by atoms with Gasteiger partial charge in [0, 0.05) is 17.9 Å². The maximum atomic E-state index is 10.5. The van der Waals surface area contributed by atoms with E-state index in [0.717, 1.165) is 29.9 Å². The number of fused-ring (bicyclic) bond motifs is 1. The Hall–Kier alpha value is -0.760. The van der Waals surface area contributed by atoms with E-state index in [9.17, 15) is 5.11 Å². The normalized spacial score (nSPS) is 28.2. The first-order valence-corrected chi connectivity index (χ1v) is 6.07. The standard InChI is InChI=1S/C14H22O2/c1-9(2)11-6-10-12(16-11)7-13(3,4)8-14(10,5)15/h6,9,15H,7-8H2,1-5H3. The molecule has 0 aromatic carbocycles. The summed E-state index contributed by atoms with van der Waals surface area (Å²) >= 11 is 0. The quantitative estimate of drug-likeness (QED) is 0.787. The van der Waals surface area contributed by atoms with Crippen molar-refractivity contribution >= 4 is 0 Å². The fourth-order valence-electron chi connectivity index (χ4n) is 2.85. The fourth-order valence-corrected chi connectivity index (χ4v) is 2.85. The van der Waals surface area contributed by atoms with Gasteiger partial charge in [-0.2, -0.15) is 0 Å². The highest BCUT2D eigenvalue weighted by molar-refractivity contribution is 5.32. The van der Waals surface area contributed by atoms with Crippen LogP contribution in [-0.2, 0) is 12.0 Å². The number of hydrogen-bond donors (Lipinski definition) is 1. The molecule has 0 spiro atoms. The first-order chi connectivity index (χ1) is 7.21. The highest BCUT2D eigenvalue weighted by Crippen LogP contribution is 2.46. The lowest BCUT2D eigenvalue weighted by Crippen LogP contribution is -2.35. The van der Waals surface area contributed by atoms with Gasteiger partial charge in [-0.3, -0.25) is 0 Å². The number of aliphatic hydroxyl groups is 1. The summed E-state index contributed by atoms with van der Waals surface area (Å²) in [6, 6.07) is 2.04. The van der Waals surface area contributed by atoms with Crippen molar-refractivity contribution in [3.8, 4) is 0 Å². The summed E-state index contributed by atoms with van der Waals surface area (Å²) in [6.07, 6.45) is 1.72. The van der Waals surface area contributed by atoms with E-state index in [2.05, 4.69) is 27.7 Å². The molecule has 0 saturated heterocycles. The van der Waals surface area contributed by atoms with E-state index in [1.807, 2.05) is 13.0 Å². The molecule has 16 heavy (non-hydrogen) atoms. The highest BCUT2D eigenvalue weighted by Gasteiger charge is 2.41. The Bertz CT molecular complexity index is 397. The third-order valence-electron chi connectivity index (χ3n) is 3.44. The van der Waals surface area contributed by atoms with Crippen LogP contribution in [0.2, 0.25) is 0 Å². The first-order valence-electron chi connectivity index (χ1n) is 6.07. The highest BCUT2D eigenvalue weighted by atomic mass is 16.3. The molecule has 2 rings (SSSR count). The number of furan rings is 1. The van der Waals surface area contributed by atoms with Crippen LogP contribution in [0, 0.1) is 5.41 Å². The maximum absolute atomic E-state index is 10.5. The largest absolute Gasteiger partial charge is 0.465 e. The molecule has 0 amide bonds. The summed E-state index contributed by atoms with van der Waals surface area (Å²) in [5.74, 6) is 2.34. The summed E-state index contributed by atoms with van der Waals surface area (Å²) < 4.78 is 5.88. The Balaban J connectivity index is 2.48. The zero-order chi connectivity index (χ0) is 12.1. The van der Waals surface area contributed by atoms with Gasteiger partial charge in [-0.05, 0) is 24.8 Å². The van der Waals surface area contributed by atoms with Crippen molar-refractivity contribution in [3.05, 3.63) is 23.2 Å². The monoisotopic (exact) mass is 222 g/mol. The van der Waals surface area contributed by atoms with Crippen molar-refractivity contribution in [2.75, 3.05) is 0 Å². The second kappa shape index (κ2) is 3.36. The second-order valence-electron chi connectivity index (χ2n) is 6.43. The average molecular weight is 222 g/mol. The lowest BCUT2D eigenvalue weighted by atomic mass is 9.70. The lowest BCUT2D eigenvalue weighted by molar-refractivity contribution is -0.00493. The molecule has 0 aliphatic heterocycles. The lowest BCUT2D eigenvalue weighted by Gasteiger charge is -2.38. The molecule has 0 fully saturated rings. The molecule has 0 radical (unpaired) electrons. The van der Waals surface area contributed by atoms with Crippen LogP contribution in [0.1, 0.15) is 64.0 Å². The zero-order valence-corrected chi connectivity index (χ0v) is 10.9. The van der Waals surface area contributed by atoms with E-state index >= 15 is 0 Å². The van der Waals surface area contributed by atoms with Crippen molar-refractivity contribution < 1.29 is 9.52 Å². The van der Waals surface area contributed by atoms with Gasteiger partial charge in [0.05, 0.1) is 5.60 Å². The maximum Gasteiger partial charge on any atom is 0.110 e. The van der Waals surface area contributed by atoms with Crippen LogP contribution in [0.5, 0.6) is 0 Å². The van der Waals surface area contributed by atoms with Crippen molar-refractivity contribution in [2.24, 2.45) is 5.41 Å². The molecule has 1 aliphatic rings. The van der Waals surface area contributed by atoms with Crippen LogP contribution in [0.15, 0.2) is 10.5 Å². The van der Waals surface area contributed by atoms with E-state index < -0.39 is 5.60 Å². The minimum Gasteiger partial charge on any atom is -0.465 e. The average Bonchev–Trinajstić information content (AvgIpc) is 2.44. The molecule has 0 bridgehead atoms. The predicted octanol–water partition coefficient (Wildman–Crippen LogP) is 3.58. The summed E-state index contributed by atoms with van der Waals surface area (Å²) in [6.45, 7) is 10.5.